The van der Waals surface area contributed by atoms with Gasteiger partial charge in [0.2, 0.25) is 0 Å². The van der Waals surface area contributed by atoms with Gasteiger partial charge < -0.3 is 5.73 Å². The van der Waals surface area contributed by atoms with E-state index in [2.05, 4.69) is 0 Å². The minimum Gasteiger partial charge on any atom is -0.399 e. The zero-order chi connectivity index (χ0) is 14.2. The number of halogens is 3. The number of carbonyl (C=O) groups is 1. The van der Waals surface area contributed by atoms with Crippen LogP contribution in [0, 0.1) is 18.6 Å². The maximum absolute atomic E-state index is 13.6. The van der Waals surface area contributed by atoms with Gasteiger partial charge in [-0.1, -0.05) is 11.6 Å². The number of rotatable bonds is 2. The first-order chi connectivity index (χ1) is 8.90. The molecule has 0 bridgehead atoms. The van der Waals surface area contributed by atoms with E-state index in [9.17, 15) is 13.6 Å². The maximum atomic E-state index is 13.6. The lowest BCUT2D eigenvalue weighted by Gasteiger charge is -2.06. The van der Waals surface area contributed by atoms with E-state index in [0.29, 0.717) is 11.3 Å². The highest BCUT2D eigenvalue weighted by Crippen LogP contribution is 2.22. The molecular formula is C14H10ClF2NO. The zero-order valence-electron chi connectivity index (χ0n) is 10.0. The van der Waals surface area contributed by atoms with Crippen molar-refractivity contribution in [3.8, 4) is 0 Å². The van der Waals surface area contributed by atoms with E-state index in [1.165, 1.54) is 12.1 Å². The molecule has 0 saturated heterocycles. The number of nitrogens with two attached hydrogens (primary N) is 1. The van der Waals surface area contributed by atoms with E-state index in [1.807, 2.05) is 0 Å². The van der Waals surface area contributed by atoms with Crippen molar-refractivity contribution in [2.75, 3.05) is 5.73 Å². The van der Waals surface area contributed by atoms with Crippen molar-refractivity contribution < 1.29 is 13.6 Å². The quantitative estimate of drug-likeness (QED) is 0.518. The van der Waals surface area contributed by atoms with Crippen molar-refractivity contribution in [3.05, 3.63) is 63.7 Å². The van der Waals surface area contributed by atoms with Gasteiger partial charge in [-0.2, -0.15) is 0 Å². The summed E-state index contributed by atoms with van der Waals surface area (Å²) in [6, 6.07) is 6.13. The average Bonchev–Trinajstić information content (AvgIpc) is 2.36. The summed E-state index contributed by atoms with van der Waals surface area (Å²) in [5.41, 5.74) is 6.75. The second-order valence-electron chi connectivity index (χ2n) is 4.15. The van der Waals surface area contributed by atoms with Gasteiger partial charge in [0.1, 0.15) is 11.6 Å². The smallest absolute Gasteiger partial charge is 0.196 e. The summed E-state index contributed by atoms with van der Waals surface area (Å²) in [5, 5.41) is -0.359. The fraction of sp³-hybridized carbons (Fsp3) is 0.0714. The van der Waals surface area contributed by atoms with Crippen LogP contribution < -0.4 is 5.73 Å². The second-order valence-corrected chi connectivity index (χ2v) is 4.55. The van der Waals surface area contributed by atoms with Crippen molar-refractivity contribution in [3.63, 3.8) is 0 Å². The summed E-state index contributed by atoms with van der Waals surface area (Å²) in [6.45, 7) is 1.73. The van der Waals surface area contributed by atoms with Gasteiger partial charge in [0.05, 0.1) is 10.6 Å². The number of nitrogen functional groups attached to an aromatic ring is 1. The Balaban J connectivity index is 2.49. The summed E-state index contributed by atoms with van der Waals surface area (Å²) in [6.07, 6.45) is 0. The highest BCUT2D eigenvalue weighted by atomic mass is 35.5. The molecule has 0 fully saturated rings. The highest BCUT2D eigenvalue weighted by molar-refractivity contribution is 6.30. The largest absolute Gasteiger partial charge is 0.399 e. The summed E-state index contributed by atoms with van der Waals surface area (Å²) in [7, 11) is 0. The van der Waals surface area contributed by atoms with Crippen molar-refractivity contribution in [2.45, 2.75) is 6.92 Å². The summed E-state index contributed by atoms with van der Waals surface area (Å²) >= 11 is 5.44. The molecule has 2 rings (SSSR count). The van der Waals surface area contributed by atoms with E-state index in [4.69, 9.17) is 17.3 Å². The topological polar surface area (TPSA) is 43.1 Å². The first-order valence-electron chi connectivity index (χ1n) is 5.45. The van der Waals surface area contributed by atoms with E-state index in [1.54, 1.807) is 13.0 Å². The Labute approximate surface area is 113 Å². The van der Waals surface area contributed by atoms with Crippen LogP contribution in [0.5, 0.6) is 0 Å². The number of benzene rings is 2. The van der Waals surface area contributed by atoms with Crippen LogP contribution in [0.1, 0.15) is 21.5 Å². The Morgan fingerprint density at radius 3 is 2.47 bits per heavy atom. The third-order valence-corrected chi connectivity index (χ3v) is 3.08. The third-order valence-electron chi connectivity index (χ3n) is 2.79. The number of aryl methyl sites for hydroxylation is 1. The van der Waals surface area contributed by atoms with Gasteiger partial charge in [-0.15, -0.1) is 0 Å². The maximum Gasteiger partial charge on any atom is 0.196 e. The molecule has 2 aromatic rings. The van der Waals surface area contributed by atoms with Gasteiger partial charge in [0, 0.05) is 11.3 Å². The molecule has 0 spiro atoms. The van der Waals surface area contributed by atoms with Crippen molar-refractivity contribution in [1.82, 2.24) is 0 Å². The molecular weight excluding hydrogens is 272 g/mol. The molecule has 2 aromatic carbocycles. The lowest BCUT2D eigenvalue weighted by Crippen LogP contribution is -2.06. The molecule has 5 heteroatoms. The Morgan fingerprint density at radius 2 is 1.84 bits per heavy atom. The van der Waals surface area contributed by atoms with E-state index < -0.39 is 17.4 Å². The van der Waals surface area contributed by atoms with Crippen LogP contribution in [-0.2, 0) is 0 Å². The van der Waals surface area contributed by atoms with Crippen LogP contribution in [0.2, 0.25) is 5.02 Å². The van der Waals surface area contributed by atoms with Crippen LogP contribution in [0.3, 0.4) is 0 Å². The number of ketones is 1. The first-order valence-corrected chi connectivity index (χ1v) is 5.83. The molecule has 0 saturated carbocycles. The molecule has 0 aliphatic carbocycles. The Bertz CT molecular complexity index is 671. The van der Waals surface area contributed by atoms with Crippen LogP contribution >= 0.6 is 11.6 Å². The fourth-order valence-electron chi connectivity index (χ4n) is 1.67. The second kappa shape index (κ2) is 4.97. The minimum absolute atomic E-state index is 0.243. The molecule has 2 nitrogen and oxygen atoms in total. The van der Waals surface area contributed by atoms with Gasteiger partial charge >= 0.3 is 0 Å². The van der Waals surface area contributed by atoms with Gasteiger partial charge in [0.15, 0.2) is 5.78 Å². The summed E-state index contributed by atoms with van der Waals surface area (Å²) in [5.74, 6) is -2.30. The molecule has 0 unspecified atom stereocenters. The molecule has 0 heterocycles. The van der Waals surface area contributed by atoms with Gasteiger partial charge in [-0.25, -0.2) is 8.78 Å². The number of hydrogen-bond acceptors (Lipinski definition) is 2. The molecule has 0 amide bonds. The molecule has 0 aliphatic heterocycles. The Kier molecular flexibility index (Phi) is 3.53. The molecule has 0 radical (unpaired) electrons. The van der Waals surface area contributed by atoms with Gasteiger partial charge in [-0.3, -0.25) is 4.79 Å². The highest BCUT2D eigenvalue weighted by Gasteiger charge is 2.17. The predicted molar refractivity (Wildman–Crippen MR) is 70.4 cm³/mol. The standard InChI is InChI=1S/C14H10ClF2NO/c1-7-4-8(2-3-13(7)18)14(19)9-5-12(17)10(15)6-11(9)16/h2-6H,18H2,1H3. The molecule has 0 aromatic heterocycles. The number of hydrogen-bond donors (Lipinski definition) is 1. The number of carbonyl (C=O) groups excluding carboxylic acids is 1. The molecule has 0 atom stereocenters. The number of anilines is 1. The Hall–Kier alpha value is -1.94. The van der Waals surface area contributed by atoms with E-state index in [-0.39, 0.29) is 16.1 Å². The van der Waals surface area contributed by atoms with Crippen LogP contribution in [-0.4, -0.2) is 5.78 Å². The van der Waals surface area contributed by atoms with Gasteiger partial charge in [0.25, 0.3) is 0 Å². The molecule has 2 N–H and O–H groups in total. The van der Waals surface area contributed by atoms with E-state index >= 15 is 0 Å². The van der Waals surface area contributed by atoms with E-state index in [0.717, 1.165) is 12.1 Å². The summed E-state index contributed by atoms with van der Waals surface area (Å²) in [4.78, 5) is 12.1. The lowest BCUT2D eigenvalue weighted by atomic mass is 10.0. The predicted octanol–water partition coefficient (Wildman–Crippen LogP) is 3.74. The zero-order valence-corrected chi connectivity index (χ0v) is 10.8. The van der Waals surface area contributed by atoms with Crippen molar-refractivity contribution >= 4 is 23.1 Å². The average molecular weight is 282 g/mol. The molecule has 0 aliphatic rings. The first kappa shape index (κ1) is 13.5. The Morgan fingerprint density at radius 1 is 1.16 bits per heavy atom. The third kappa shape index (κ3) is 2.58. The van der Waals surface area contributed by atoms with Crippen molar-refractivity contribution in [1.29, 1.82) is 0 Å². The molecule has 19 heavy (non-hydrogen) atoms. The van der Waals surface area contributed by atoms with Crippen LogP contribution in [0.25, 0.3) is 0 Å². The fourth-order valence-corrected chi connectivity index (χ4v) is 1.82. The van der Waals surface area contributed by atoms with Crippen molar-refractivity contribution in [2.24, 2.45) is 0 Å². The monoisotopic (exact) mass is 281 g/mol. The normalized spacial score (nSPS) is 10.5. The SMILES string of the molecule is Cc1cc(C(=O)c2cc(F)c(Cl)cc2F)ccc1N. The van der Waals surface area contributed by atoms with Crippen LogP contribution in [0.4, 0.5) is 14.5 Å². The minimum atomic E-state index is -0.856. The lowest BCUT2D eigenvalue weighted by molar-refractivity contribution is 0.103. The van der Waals surface area contributed by atoms with Gasteiger partial charge in [-0.05, 0) is 42.8 Å². The summed E-state index contributed by atoms with van der Waals surface area (Å²) < 4.78 is 27.0. The molecule has 98 valence electrons. The van der Waals surface area contributed by atoms with Crippen LogP contribution in [0.15, 0.2) is 30.3 Å².